The summed E-state index contributed by atoms with van der Waals surface area (Å²) in [5, 5.41) is 9.23. The van der Waals surface area contributed by atoms with Gasteiger partial charge in [-0.3, -0.25) is 0 Å². The highest BCUT2D eigenvalue weighted by atomic mass is 16.5. The monoisotopic (exact) mass is 130 g/mol. The summed E-state index contributed by atoms with van der Waals surface area (Å²) in [7, 11) is 0. The van der Waals surface area contributed by atoms with E-state index in [0.29, 0.717) is 0 Å². The van der Waals surface area contributed by atoms with Gasteiger partial charge in [0.15, 0.2) is 0 Å². The van der Waals surface area contributed by atoms with Crippen molar-refractivity contribution >= 4 is 0 Å². The van der Waals surface area contributed by atoms with Gasteiger partial charge < -0.3 is 9.84 Å². The van der Waals surface area contributed by atoms with Gasteiger partial charge in [-0.05, 0) is 19.3 Å². The van der Waals surface area contributed by atoms with Gasteiger partial charge in [-0.25, -0.2) is 0 Å². The van der Waals surface area contributed by atoms with Crippen molar-refractivity contribution in [2.24, 2.45) is 0 Å². The Hall–Kier alpha value is -0.0800. The highest BCUT2D eigenvalue weighted by Crippen LogP contribution is 2.16. The van der Waals surface area contributed by atoms with Crippen molar-refractivity contribution in [3.8, 4) is 0 Å². The average Bonchev–Trinajstić information content (AvgIpc) is 2.37. The summed E-state index contributed by atoms with van der Waals surface area (Å²) >= 11 is 0. The number of ether oxygens (including phenoxy) is 1. The molecule has 54 valence electrons. The second-order valence-corrected chi connectivity index (χ2v) is 2.53. The van der Waals surface area contributed by atoms with E-state index in [0.717, 1.165) is 25.9 Å². The molecule has 1 N–H and O–H groups in total. The minimum Gasteiger partial charge on any atom is -0.390 e. The predicted octanol–water partition coefficient (Wildman–Crippen LogP) is 0.936. The van der Waals surface area contributed by atoms with E-state index in [1.165, 1.54) is 0 Å². The summed E-state index contributed by atoms with van der Waals surface area (Å²) in [4.78, 5) is 0. The van der Waals surface area contributed by atoms with Crippen LogP contribution in [-0.4, -0.2) is 23.9 Å². The molecule has 0 aromatic rings. The van der Waals surface area contributed by atoms with E-state index in [4.69, 9.17) is 4.74 Å². The molecule has 0 spiro atoms. The highest BCUT2D eigenvalue weighted by molar-refractivity contribution is 4.71. The van der Waals surface area contributed by atoms with Crippen molar-refractivity contribution in [1.29, 1.82) is 0 Å². The maximum atomic E-state index is 9.23. The molecule has 0 amide bonds. The van der Waals surface area contributed by atoms with Gasteiger partial charge in [0.1, 0.15) is 0 Å². The zero-order valence-corrected chi connectivity index (χ0v) is 5.84. The fraction of sp³-hybridized carbons (Fsp3) is 1.00. The molecule has 2 nitrogen and oxygen atoms in total. The van der Waals surface area contributed by atoms with Crippen LogP contribution in [0, 0.1) is 0 Å². The van der Waals surface area contributed by atoms with Gasteiger partial charge in [-0.1, -0.05) is 6.92 Å². The van der Waals surface area contributed by atoms with Crippen molar-refractivity contribution in [1.82, 2.24) is 0 Å². The summed E-state index contributed by atoms with van der Waals surface area (Å²) in [6.07, 6.45) is 2.86. The third-order valence-electron chi connectivity index (χ3n) is 1.81. The lowest BCUT2D eigenvalue weighted by Crippen LogP contribution is -2.23. The zero-order valence-electron chi connectivity index (χ0n) is 5.84. The Balaban J connectivity index is 2.24. The second kappa shape index (κ2) is 3.18. The molecule has 1 heterocycles. The first kappa shape index (κ1) is 7.03. The number of hydrogen-bond donors (Lipinski definition) is 1. The molecule has 0 aromatic heterocycles. The molecule has 0 saturated carbocycles. The van der Waals surface area contributed by atoms with Crippen molar-refractivity contribution in [3.05, 3.63) is 0 Å². The van der Waals surface area contributed by atoms with Gasteiger partial charge in [-0.15, -0.1) is 0 Å². The van der Waals surface area contributed by atoms with Crippen molar-refractivity contribution in [2.75, 3.05) is 6.61 Å². The smallest absolute Gasteiger partial charge is 0.0834 e. The summed E-state index contributed by atoms with van der Waals surface area (Å²) in [6, 6.07) is 0. The lowest BCUT2D eigenvalue weighted by molar-refractivity contribution is -0.00279. The Morgan fingerprint density at radius 1 is 1.78 bits per heavy atom. The normalized spacial score (nSPS) is 30.7. The minimum atomic E-state index is -0.229. The summed E-state index contributed by atoms with van der Waals surface area (Å²) < 4.78 is 5.26. The van der Waals surface area contributed by atoms with E-state index in [1.54, 1.807) is 0 Å². The standard InChI is InChI=1S/C7H14O2/c1-2-6(8)7-4-3-5-9-7/h6-8H,2-5H2,1H3/t6-,7?/m0/s1. The molecule has 0 aliphatic carbocycles. The molecule has 1 aliphatic heterocycles. The maximum Gasteiger partial charge on any atom is 0.0834 e. The lowest BCUT2D eigenvalue weighted by atomic mass is 10.1. The van der Waals surface area contributed by atoms with Gasteiger partial charge >= 0.3 is 0 Å². The SMILES string of the molecule is CC[C@H](O)C1CCCO1. The molecule has 2 heteroatoms. The summed E-state index contributed by atoms with van der Waals surface area (Å²) in [5.74, 6) is 0. The first-order chi connectivity index (χ1) is 4.34. The molecule has 1 saturated heterocycles. The van der Waals surface area contributed by atoms with E-state index < -0.39 is 0 Å². The van der Waals surface area contributed by atoms with E-state index in [1.807, 2.05) is 6.92 Å². The molecular formula is C7H14O2. The largest absolute Gasteiger partial charge is 0.390 e. The van der Waals surface area contributed by atoms with Crippen LogP contribution in [-0.2, 0) is 4.74 Å². The Morgan fingerprint density at radius 3 is 3.00 bits per heavy atom. The van der Waals surface area contributed by atoms with Gasteiger partial charge in [-0.2, -0.15) is 0 Å². The Labute approximate surface area is 55.8 Å². The number of aliphatic hydroxyl groups is 1. The predicted molar refractivity (Wildman–Crippen MR) is 35.3 cm³/mol. The molecule has 2 atom stereocenters. The van der Waals surface area contributed by atoms with Gasteiger partial charge in [0, 0.05) is 6.61 Å². The molecule has 1 aliphatic rings. The highest BCUT2D eigenvalue weighted by Gasteiger charge is 2.21. The molecule has 1 unspecified atom stereocenters. The van der Waals surface area contributed by atoms with Gasteiger partial charge in [0.25, 0.3) is 0 Å². The second-order valence-electron chi connectivity index (χ2n) is 2.53. The molecule has 0 bridgehead atoms. The van der Waals surface area contributed by atoms with Crippen molar-refractivity contribution in [2.45, 2.75) is 38.4 Å². The van der Waals surface area contributed by atoms with Crippen LogP contribution in [0.25, 0.3) is 0 Å². The van der Waals surface area contributed by atoms with E-state index in [2.05, 4.69) is 0 Å². The van der Waals surface area contributed by atoms with E-state index in [-0.39, 0.29) is 12.2 Å². The zero-order chi connectivity index (χ0) is 6.69. The third kappa shape index (κ3) is 1.66. The number of rotatable bonds is 2. The van der Waals surface area contributed by atoms with E-state index in [9.17, 15) is 5.11 Å². The van der Waals surface area contributed by atoms with Crippen LogP contribution in [0.3, 0.4) is 0 Å². The van der Waals surface area contributed by atoms with Crippen LogP contribution < -0.4 is 0 Å². The van der Waals surface area contributed by atoms with Crippen LogP contribution in [0.2, 0.25) is 0 Å². The van der Waals surface area contributed by atoms with Gasteiger partial charge in [0.2, 0.25) is 0 Å². The van der Waals surface area contributed by atoms with Gasteiger partial charge in [0.05, 0.1) is 12.2 Å². The summed E-state index contributed by atoms with van der Waals surface area (Å²) in [5.41, 5.74) is 0. The summed E-state index contributed by atoms with van der Waals surface area (Å²) in [6.45, 7) is 2.81. The molecule has 0 aromatic carbocycles. The quantitative estimate of drug-likeness (QED) is 0.602. The minimum absolute atomic E-state index is 0.134. The number of aliphatic hydroxyl groups excluding tert-OH is 1. The van der Waals surface area contributed by atoms with Crippen molar-refractivity contribution < 1.29 is 9.84 Å². The fourth-order valence-corrected chi connectivity index (χ4v) is 1.17. The Bertz CT molecular complexity index is 77.0. The number of hydrogen-bond acceptors (Lipinski definition) is 2. The molecule has 9 heavy (non-hydrogen) atoms. The molecular weight excluding hydrogens is 116 g/mol. The lowest BCUT2D eigenvalue weighted by Gasteiger charge is -2.14. The molecule has 0 radical (unpaired) electrons. The Morgan fingerprint density at radius 2 is 2.56 bits per heavy atom. The average molecular weight is 130 g/mol. The van der Waals surface area contributed by atoms with Crippen molar-refractivity contribution in [3.63, 3.8) is 0 Å². The van der Waals surface area contributed by atoms with Crippen LogP contribution >= 0.6 is 0 Å². The van der Waals surface area contributed by atoms with Crippen LogP contribution in [0.4, 0.5) is 0 Å². The van der Waals surface area contributed by atoms with E-state index >= 15 is 0 Å². The first-order valence-electron chi connectivity index (χ1n) is 3.64. The molecule has 1 rings (SSSR count). The molecule has 1 fully saturated rings. The Kier molecular flexibility index (Phi) is 2.49. The topological polar surface area (TPSA) is 29.5 Å². The third-order valence-corrected chi connectivity index (χ3v) is 1.81. The first-order valence-corrected chi connectivity index (χ1v) is 3.64. The van der Waals surface area contributed by atoms with Crippen LogP contribution in [0.1, 0.15) is 26.2 Å². The van der Waals surface area contributed by atoms with Crippen LogP contribution in [0.5, 0.6) is 0 Å². The van der Waals surface area contributed by atoms with Crippen LogP contribution in [0.15, 0.2) is 0 Å². The fourth-order valence-electron chi connectivity index (χ4n) is 1.17. The maximum absolute atomic E-state index is 9.23.